The van der Waals surface area contributed by atoms with Crippen LogP contribution in [0.1, 0.15) is 15.9 Å². The van der Waals surface area contributed by atoms with E-state index in [0.29, 0.717) is 11.3 Å². The fourth-order valence-electron chi connectivity index (χ4n) is 1.84. The number of carbonyl (C=O) groups is 1. The second kappa shape index (κ2) is 6.86. The predicted molar refractivity (Wildman–Crippen MR) is 77.1 cm³/mol. The molecule has 0 aliphatic rings. The van der Waals surface area contributed by atoms with E-state index in [1.165, 1.54) is 18.2 Å². The molecule has 2 aromatic carbocycles. The molecule has 0 radical (unpaired) electrons. The summed E-state index contributed by atoms with van der Waals surface area (Å²) in [7, 11) is 0. The Bertz CT molecular complexity index is 732. The molecule has 0 aliphatic carbocycles. The lowest BCUT2D eigenvalue weighted by molar-refractivity contribution is -0.253. The summed E-state index contributed by atoms with van der Waals surface area (Å²) >= 11 is 0. The topological polar surface area (TPSA) is 38.3 Å². The number of hydrogen-bond acceptors (Lipinski definition) is 2. The lowest BCUT2D eigenvalue weighted by atomic mass is 10.1. The highest BCUT2D eigenvalue weighted by atomic mass is 19.3. The van der Waals surface area contributed by atoms with Crippen LogP contribution in [0, 0.1) is 12.7 Å². The number of benzene rings is 2. The van der Waals surface area contributed by atoms with Crippen molar-refractivity contribution in [3.63, 3.8) is 0 Å². The summed E-state index contributed by atoms with van der Waals surface area (Å²) in [5.74, 6) is -1.53. The Labute approximate surface area is 134 Å². The summed E-state index contributed by atoms with van der Waals surface area (Å²) in [6.07, 6.45) is -8.59. The van der Waals surface area contributed by atoms with Crippen molar-refractivity contribution in [2.75, 3.05) is 5.32 Å². The minimum absolute atomic E-state index is 0.0893. The second-order valence-electron chi connectivity index (χ2n) is 4.90. The van der Waals surface area contributed by atoms with Crippen molar-refractivity contribution in [1.82, 2.24) is 0 Å². The molecular formula is C16H12F5NO2. The van der Waals surface area contributed by atoms with Gasteiger partial charge in [0, 0.05) is 11.3 Å². The lowest BCUT2D eigenvalue weighted by Gasteiger charge is -2.16. The zero-order valence-electron chi connectivity index (χ0n) is 12.3. The number of nitrogens with one attached hydrogen (secondary N) is 1. The minimum Gasteiger partial charge on any atom is -0.428 e. The van der Waals surface area contributed by atoms with E-state index < -0.39 is 30.0 Å². The first-order valence-electron chi connectivity index (χ1n) is 6.71. The Hall–Kier alpha value is -2.64. The van der Waals surface area contributed by atoms with Gasteiger partial charge in [-0.05, 0) is 55.0 Å². The van der Waals surface area contributed by atoms with Crippen molar-refractivity contribution in [2.45, 2.75) is 19.5 Å². The van der Waals surface area contributed by atoms with Crippen molar-refractivity contribution in [1.29, 1.82) is 0 Å². The summed E-state index contributed by atoms with van der Waals surface area (Å²) in [6, 6.07) is 8.02. The van der Waals surface area contributed by atoms with Gasteiger partial charge in [0.2, 0.25) is 0 Å². The van der Waals surface area contributed by atoms with Gasteiger partial charge in [0.05, 0.1) is 0 Å². The standard InChI is InChI=1S/C16H12F5NO2/c1-9-8-11(17)4-7-13(9)22-14(23)10-2-5-12(6-3-10)24-16(20,21)15(18)19/h2-8,15H,1H3,(H,22,23). The number of alkyl halides is 4. The average Bonchev–Trinajstić information content (AvgIpc) is 2.50. The van der Waals surface area contributed by atoms with Crippen LogP contribution in [0.15, 0.2) is 42.5 Å². The molecule has 0 unspecified atom stereocenters. The zero-order valence-corrected chi connectivity index (χ0v) is 12.3. The molecule has 128 valence electrons. The summed E-state index contributed by atoms with van der Waals surface area (Å²) in [5, 5.41) is 2.53. The summed E-state index contributed by atoms with van der Waals surface area (Å²) in [5.41, 5.74) is 0.970. The first-order chi connectivity index (χ1) is 11.2. The average molecular weight is 345 g/mol. The van der Waals surface area contributed by atoms with Crippen LogP contribution in [0.25, 0.3) is 0 Å². The van der Waals surface area contributed by atoms with Gasteiger partial charge >= 0.3 is 12.5 Å². The summed E-state index contributed by atoms with van der Waals surface area (Å²) < 4.78 is 66.5. The fraction of sp³-hybridized carbons (Fsp3) is 0.188. The first kappa shape index (κ1) is 17.7. The number of amides is 1. The molecule has 0 bridgehead atoms. The molecule has 0 spiro atoms. The van der Waals surface area contributed by atoms with Gasteiger partial charge in [0.25, 0.3) is 5.91 Å². The van der Waals surface area contributed by atoms with Crippen LogP contribution >= 0.6 is 0 Å². The number of carbonyl (C=O) groups excluding carboxylic acids is 1. The molecule has 0 aliphatic heterocycles. The van der Waals surface area contributed by atoms with E-state index in [0.717, 1.165) is 24.3 Å². The maximum absolute atomic E-state index is 13.0. The molecular weight excluding hydrogens is 333 g/mol. The second-order valence-corrected chi connectivity index (χ2v) is 4.90. The van der Waals surface area contributed by atoms with Gasteiger partial charge < -0.3 is 10.1 Å². The summed E-state index contributed by atoms with van der Waals surface area (Å²) in [4.78, 5) is 12.0. The normalized spacial score (nSPS) is 11.5. The van der Waals surface area contributed by atoms with Crippen molar-refractivity contribution in [3.05, 3.63) is 59.4 Å². The van der Waals surface area contributed by atoms with Crippen LogP contribution in [-0.4, -0.2) is 18.4 Å². The third kappa shape index (κ3) is 4.21. The third-order valence-electron chi connectivity index (χ3n) is 3.06. The molecule has 2 aromatic rings. The lowest BCUT2D eigenvalue weighted by Crippen LogP contribution is -2.33. The maximum atomic E-state index is 13.0. The van der Waals surface area contributed by atoms with Crippen molar-refractivity contribution >= 4 is 11.6 Å². The Balaban J connectivity index is 2.08. The number of ether oxygens (including phenoxy) is 1. The Morgan fingerprint density at radius 1 is 1.12 bits per heavy atom. The molecule has 0 fully saturated rings. The predicted octanol–water partition coefficient (Wildman–Crippen LogP) is 4.62. The third-order valence-corrected chi connectivity index (χ3v) is 3.06. The number of halogens is 5. The molecule has 0 atom stereocenters. The van der Waals surface area contributed by atoms with Gasteiger partial charge in [-0.15, -0.1) is 0 Å². The highest BCUT2D eigenvalue weighted by Gasteiger charge is 2.43. The van der Waals surface area contributed by atoms with Crippen LogP contribution in [-0.2, 0) is 0 Å². The van der Waals surface area contributed by atoms with Crippen molar-refractivity contribution in [3.8, 4) is 5.75 Å². The van der Waals surface area contributed by atoms with E-state index in [4.69, 9.17) is 0 Å². The fourth-order valence-corrected chi connectivity index (χ4v) is 1.84. The smallest absolute Gasteiger partial charge is 0.428 e. The van der Waals surface area contributed by atoms with Crippen LogP contribution in [0.3, 0.4) is 0 Å². The minimum atomic E-state index is -4.62. The zero-order chi connectivity index (χ0) is 17.9. The van der Waals surface area contributed by atoms with Crippen molar-refractivity contribution in [2.24, 2.45) is 0 Å². The number of hydrogen-bond donors (Lipinski definition) is 1. The SMILES string of the molecule is Cc1cc(F)ccc1NC(=O)c1ccc(OC(F)(F)C(F)F)cc1. The Morgan fingerprint density at radius 3 is 2.29 bits per heavy atom. The largest absolute Gasteiger partial charge is 0.461 e. The molecule has 0 aromatic heterocycles. The van der Waals surface area contributed by atoms with E-state index in [1.807, 2.05) is 0 Å². The monoisotopic (exact) mass is 345 g/mol. The molecule has 0 saturated heterocycles. The van der Waals surface area contributed by atoms with Gasteiger partial charge in [0.15, 0.2) is 0 Å². The van der Waals surface area contributed by atoms with Crippen LogP contribution in [0.4, 0.5) is 27.6 Å². The van der Waals surface area contributed by atoms with Gasteiger partial charge in [0.1, 0.15) is 11.6 Å². The molecule has 8 heteroatoms. The molecule has 2 rings (SSSR count). The molecule has 0 heterocycles. The van der Waals surface area contributed by atoms with Gasteiger partial charge in [-0.2, -0.15) is 17.6 Å². The van der Waals surface area contributed by atoms with E-state index in [2.05, 4.69) is 10.1 Å². The molecule has 24 heavy (non-hydrogen) atoms. The van der Waals surface area contributed by atoms with Crippen LogP contribution in [0.5, 0.6) is 5.75 Å². The Kier molecular flexibility index (Phi) is 5.06. The van der Waals surface area contributed by atoms with E-state index >= 15 is 0 Å². The van der Waals surface area contributed by atoms with Gasteiger partial charge in [-0.25, -0.2) is 4.39 Å². The molecule has 3 nitrogen and oxygen atoms in total. The Morgan fingerprint density at radius 2 is 1.75 bits per heavy atom. The van der Waals surface area contributed by atoms with E-state index in [-0.39, 0.29) is 5.56 Å². The maximum Gasteiger partial charge on any atom is 0.461 e. The van der Waals surface area contributed by atoms with Crippen LogP contribution in [0.2, 0.25) is 0 Å². The number of rotatable bonds is 5. The highest BCUT2D eigenvalue weighted by molar-refractivity contribution is 6.04. The van der Waals surface area contributed by atoms with Crippen LogP contribution < -0.4 is 10.1 Å². The molecule has 0 saturated carbocycles. The summed E-state index contributed by atoms with van der Waals surface area (Å²) in [6.45, 7) is 1.60. The number of anilines is 1. The first-order valence-corrected chi connectivity index (χ1v) is 6.71. The van der Waals surface area contributed by atoms with Gasteiger partial charge in [-0.3, -0.25) is 4.79 Å². The van der Waals surface area contributed by atoms with E-state index in [9.17, 15) is 26.7 Å². The van der Waals surface area contributed by atoms with Crippen molar-refractivity contribution < 1.29 is 31.5 Å². The molecule has 1 amide bonds. The quantitative estimate of drug-likeness (QED) is 0.803. The highest BCUT2D eigenvalue weighted by Crippen LogP contribution is 2.27. The number of aryl methyl sites for hydroxylation is 1. The molecule has 1 N–H and O–H groups in total. The van der Waals surface area contributed by atoms with E-state index in [1.54, 1.807) is 6.92 Å². The van der Waals surface area contributed by atoms with Gasteiger partial charge in [-0.1, -0.05) is 0 Å².